The maximum Gasteiger partial charge on any atom is 0.310 e. The van der Waals surface area contributed by atoms with E-state index in [9.17, 15) is 9.90 Å². The first-order chi connectivity index (χ1) is 13.2. The molecule has 3 N–H and O–H groups in total. The molecule has 0 unspecified atom stereocenters. The second-order valence-corrected chi connectivity index (χ2v) is 7.61. The molecule has 0 aliphatic rings. The molecule has 3 heterocycles. The molecule has 9 nitrogen and oxygen atoms in total. The molecule has 0 spiro atoms. The third kappa shape index (κ3) is 4.03. The molecule has 0 radical (unpaired) electrons. The minimum atomic E-state index is -0.924. The van der Waals surface area contributed by atoms with Crippen molar-refractivity contribution in [2.24, 2.45) is 5.41 Å². The van der Waals surface area contributed by atoms with E-state index in [4.69, 9.17) is 0 Å². The summed E-state index contributed by atoms with van der Waals surface area (Å²) in [6.07, 6.45) is 3.34. The highest BCUT2D eigenvalue weighted by Crippen LogP contribution is 2.24. The second kappa shape index (κ2) is 7.41. The van der Waals surface area contributed by atoms with Crippen molar-refractivity contribution in [1.82, 2.24) is 24.5 Å². The van der Waals surface area contributed by atoms with Crippen LogP contribution in [-0.4, -0.2) is 42.1 Å². The Balaban J connectivity index is 1.80. The van der Waals surface area contributed by atoms with E-state index in [1.54, 1.807) is 32.3 Å². The zero-order valence-corrected chi connectivity index (χ0v) is 16.7. The van der Waals surface area contributed by atoms with Gasteiger partial charge < -0.3 is 20.3 Å². The van der Waals surface area contributed by atoms with E-state index in [1.807, 2.05) is 13.0 Å². The normalized spacial score (nSPS) is 11.8. The number of imidazole rings is 1. The summed E-state index contributed by atoms with van der Waals surface area (Å²) in [5.74, 6) is 1.61. The van der Waals surface area contributed by atoms with Crippen LogP contribution < -0.4 is 10.6 Å². The van der Waals surface area contributed by atoms with Crippen LogP contribution >= 0.6 is 0 Å². The molecule has 0 amide bonds. The van der Waals surface area contributed by atoms with Gasteiger partial charge in [0.1, 0.15) is 23.0 Å². The highest BCUT2D eigenvalue weighted by molar-refractivity contribution is 5.79. The van der Waals surface area contributed by atoms with Gasteiger partial charge in [-0.05, 0) is 40.7 Å². The van der Waals surface area contributed by atoms with Gasteiger partial charge in [-0.3, -0.25) is 4.79 Å². The van der Waals surface area contributed by atoms with Crippen LogP contribution in [-0.2, 0) is 4.79 Å². The Morgan fingerprint density at radius 1 is 1.25 bits per heavy atom. The Morgan fingerprint density at radius 3 is 2.68 bits per heavy atom. The van der Waals surface area contributed by atoms with Crippen LogP contribution in [0.25, 0.3) is 11.0 Å². The minimum Gasteiger partial charge on any atom is -0.481 e. The molecule has 0 fully saturated rings. The van der Waals surface area contributed by atoms with Gasteiger partial charge in [-0.2, -0.15) is 4.98 Å². The first kappa shape index (κ1) is 19.5. The number of carbonyl (C=O) groups is 1. The van der Waals surface area contributed by atoms with Crippen LogP contribution in [0.4, 0.5) is 17.6 Å². The van der Waals surface area contributed by atoms with Gasteiger partial charge in [-0.1, -0.05) is 0 Å². The van der Waals surface area contributed by atoms with E-state index in [2.05, 4.69) is 49.0 Å². The number of aliphatic carboxylic acids is 1. The highest BCUT2D eigenvalue weighted by Gasteiger charge is 2.27. The molecule has 0 aromatic carbocycles. The van der Waals surface area contributed by atoms with Gasteiger partial charge in [-0.15, -0.1) is 0 Å². The first-order valence-electron chi connectivity index (χ1n) is 9.09. The smallest absolute Gasteiger partial charge is 0.310 e. The van der Waals surface area contributed by atoms with Crippen molar-refractivity contribution in [2.45, 2.75) is 40.7 Å². The summed E-state index contributed by atoms with van der Waals surface area (Å²) < 4.78 is 2.16. The molecule has 148 valence electrons. The Kier molecular flexibility index (Phi) is 5.17. The monoisotopic (exact) mass is 383 g/mol. The number of anilines is 3. The molecule has 3 aromatic rings. The van der Waals surface area contributed by atoms with E-state index in [1.165, 1.54) is 0 Å². The second-order valence-electron chi connectivity index (χ2n) is 7.61. The van der Waals surface area contributed by atoms with Gasteiger partial charge in [-0.25, -0.2) is 15.0 Å². The maximum atomic E-state index is 11.2. The third-order valence-corrected chi connectivity index (χ3v) is 4.45. The van der Waals surface area contributed by atoms with Crippen LogP contribution in [0.3, 0.4) is 0 Å². The predicted molar refractivity (Wildman–Crippen MR) is 108 cm³/mol. The van der Waals surface area contributed by atoms with Gasteiger partial charge in [0, 0.05) is 24.8 Å². The summed E-state index contributed by atoms with van der Waals surface area (Å²) >= 11 is 0. The fourth-order valence-corrected chi connectivity index (χ4v) is 2.86. The fraction of sp³-hybridized carbons (Fsp3) is 0.421. The lowest BCUT2D eigenvalue weighted by Crippen LogP contribution is -2.32. The number of hydrogen-bond acceptors (Lipinski definition) is 7. The van der Waals surface area contributed by atoms with E-state index in [-0.39, 0.29) is 12.6 Å². The number of carboxylic acid groups (broad SMARTS) is 1. The summed E-state index contributed by atoms with van der Waals surface area (Å²) in [5.41, 5.74) is 0.922. The Morgan fingerprint density at radius 2 is 2.00 bits per heavy atom. The topological polar surface area (TPSA) is 118 Å². The maximum absolute atomic E-state index is 11.2. The minimum absolute atomic E-state index is 0.211. The Bertz CT molecular complexity index is 1010. The van der Waals surface area contributed by atoms with Gasteiger partial charge >= 0.3 is 5.97 Å². The van der Waals surface area contributed by atoms with E-state index in [0.29, 0.717) is 17.6 Å². The van der Waals surface area contributed by atoms with Crippen LogP contribution in [0, 0.1) is 12.3 Å². The summed E-state index contributed by atoms with van der Waals surface area (Å²) in [6.45, 7) is 9.70. The van der Waals surface area contributed by atoms with Crippen molar-refractivity contribution in [1.29, 1.82) is 0 Å². The number of aryl methyl sites for hydroxylation is 1. The first-order valence-corrected chi connectivity index (χ1v) is 9.09. The molecule has 0 atom stereocenters. The van der Waals surface area contributed by atoms with Crippen molar-refractivity contribution in [3.63, 3.8) is 0 Å². The highest BCUT2D eigenvalue weighted by atomic mass is 16.4. The lowest BCUT2D eigenvalue weighted by atomic mass is 9.94. The zero-order valence-electron chi connectivity index (χ0n) is 16.7. The standard InChI is InChI=1S/C19H25N7O2/c1-11(2)26-12(3)23-13-9-21-16(8-14(13)26)24-15-6-7-20-18(25-15)22-10-19(4,5)17(27)28/h6-9,11H,10H2,1-5H3,(H,27,28)(H2,20,21,22,24,25). The van der Waals surface area contributed by atoms with E-state index < -0.39 is 11.4 Å². The number of nitrogens with zero attached hydrogens (tertiary/aromatic N) is 5. The number of aromatic nitrogens is 5. The third-order valence-electron chi connectivity index (χ3n) is 4.45. The molecule has 9 heteroatoms. The summed E-state index contributed by atoms with van der Waals surface area (Å²) in [5, 5.41) is 15.4. The lowest BCUT2D eigenvalue weighted by molar-refractivity contribution is -0.146. The predicted octanol–water partition coefficient (Wildman–Crippen LogP) is 3.38. The Labute approximate surface area is 163 Å². The summed E-state index contributed by atoms with van der Waals surface area (Å²) in [7, 11) is 0. The van der Waals surface area contributed by atoms with Crippen molar-refractivity contribution >= 4 is 34.6 Å². The molecule has 28 heavy (non-hydrogen) atoms. The molecule has 0 saturated carbocycles. The lowest BCUT2D eigenvalue weighted by Gasteiger charge is -2.19. The number of carboxylic acids is 1. The SMILES string of the molecule is Cc1nc2cnc(Nc3ccnc(NCC(C)(C)C(=O)O)n3)cc2n1C(C)C. The van der Waals surface area contributed by atoms with Crippen LogP contribution in [0.2, 0.25) is 0 Å². The van der Waals surface area contributed by atoms with Gasteiger partial charge in [0.25, 0.3) is 0 Å². The van der Waals surface area contributed by atoms with Crippen LogP contribution in [0.15, 0.2) is 24.5 Å². The van der Waals surface area contributed by atoms with Gasteiger partial charge in [0.05, 0.1) is 17.1 Å². The quantitative estimate of drug-likeness (QED) is 0.568. The molecule has 0 bridgehead atoms. The summed E-state index contributed by atoms with van der Waals surface area (Å²) in [4.78, 5) is 28.7. The van der Waals surface area contributed by atoms with E-state index >= 15 is 0 Å². The van der Waals surface area contributed by atoms with Crippen LogP contribution in [0.1, 0.15) is 39.6 Å². The summed E-state index contributed by atoms with van der Waals surface area (Å²) in [6, 6.07) is 3.95. The number of rotatable bonds is 7. The molecule has 0 saturated heterocycles. The van der Waals surface area contributed by atoms with Crippen molar-refractivity contribution in [2.75, 3.05) is 17.2 Å². The van der Waals surface area contributed by atoms with Crippen molar-refractivity contribution in [3.05, 3.63) is 30.4 Å². The van der Waals surface area contributed by atoms with Gasteiger partial charge in [0.15, 0.2) is 0 Å². The Hall–Kier alpha value is -3.23. The van der Waals surface area contributed by atoms with Crippen LogP contribution in [0.5, 0.6) is 0 Å². The number of pyridine rings is 1. The molecular formula is C19H25N7O2. The molecular weight excluding hydrogens is 358 g/mol. The average molecular weight is 383 g/mol. The molecule has 3 rings (SSSR count). The number of hydrogen-bond donors (Lipinski definition) is 3. The zero-order chi connectivity index (χ0) is 20.5. The number of nitrogens with one attached hydrogen (secondary N) is 2. The molecule has 3 aromatic heterocycles. The largest absolute Gasteiger partial charge is 0.481 e. The van der Waals surface area contributed by atoms with E-state index in [0.717, 1.165) is 16.9 Å². The molecule has 0 aliphatic heterocycles. The average Bonchev–Trinajstić information content (AvgIpc) is 2.95. The van der Waals surface area contributed by atoms with Crippen molar-refractivity contribution < 1.29 is 9.90 Å². The fourth-order valence-electron chi connectivity index (χ4n) is 2.86. The van der Waals surface area contributed by atoms with Gasteiger partial charge in [0.2, 0.25) is 5.95 Å². The number of fused-ring (bicyclic) bond motifs is 1. The molecule has 0 aliphatic carbocycles. The van der Waals surface area contributed by atoms with Crippen molar-refractivity contribution in [3.8, 4) is 0 Å².